The van der Waals surface area contributed by atoms with E-state index in [1.54, 1.807) is 12.1 Å². The van der Waals surface area contributed by atoms with Crippen molar-refractivity contribution >= 4 is 29.4 Å². The number of carbonyl (C=O) groups excluding carboxylic acids is 2. The summed E-state index contributed by atoms with van der Waals surface area (Å²) >= 11 is 1.25. The third-order valence-electron chi connectivity index (χ3n) is 2.18. The minimum atomic E-state index is -0.454. The molecule has 1 aromatic rings. The molecular weight excluding hydrogens is 264 g/mol. The van der Waals surface area contributed by atoms with Crippen molar-refractivity contribution in [2.24, 2.45) is 0 Å². The number of unbranched alkanes of at least 4 members (excludes halogenated alkanes) is 1. The summed E-state index contributed by atoms with van der Waals surface area (Å²) in [4.78, 5) is 26.8. The fourth-order valence-corrected chi connectivity index (χ4v) is 1.84. The summed E-state index contributed by atoms with van der Waals surface area (Å²) in [6.07, 6.45) is 3.41. The van der Waals surface area contributed by atoms with E-state index in [1.807, 2.05) is 6.92 Å². The van der Waals surface area contributed by atoms with Gasteiger partial charge in [-0.1, -0.05) is 25.1 Å². The van der Waals surface area contributed by atoms with E-state index in [1.165, 1.54) is 18.0 Å². The van der Waals surface area contributed by atoms with Crippen molar-refractivity contribution in [1.82, 2.24) is 15.6 Å². The van der Waals surface area contributed by atoms with Gasteiger partial charge < -0.3 is 11.1 Å². The van der Waals surface area contributed by atoms with Crippen LogP contribution in [0.4, 0.5) is 10.5 Å². The van der Waals surface area contributed by atoms with Gasteiger partial charge in [0.2, 0.25) is 5.91 Å². The molecule has 0 fully saturated rings. The third-order valence-corrected chi connectivity index (χ3v) is 3.12. The van der Waals surface area contributed by atoms with Gasteiger partial charge in [-0.3, -0.25) is 10.1 Å². The summed E-state index contributed by atoms with van der Waals surface area (Å²) < 4.78 is 0. The highest BCUT2D eigenvalue weighted by Crippen LogP contribution is 2.15. The largest absolute Gasteiger partial charge is 0.397 e. The maximum atomic E-state index is 11.5. The van der Waals surface area contributed by atoms with Crippen molar-refractivity contribution in [2.45, 2.75) is 24.8 Å². The monoisotopic (exact) mass is 282 g/mol. The molecule has 0 atom stereocenters. The summed E-state index contributed by atoms with van der Waals surface area (Å²) in [5.41, 5.74) is 6.08. The number of aromatic nitrogens is 1. The Bertz CT molecular complexity index is 422. The molecule has 1 heterocycles. The van der Waals surface area contributed by atoms with Crippen LogP contribution >= 0.6 is 11.8 Å². The molecule has 1 rings (SSSR count). The number of pyridine rings is 1. The van der Waals surface area contributed by atoms with Crippen LogP contribution in [0.1, 0.15) is 19.8 Å². The highest BCUT2D eigenvalue weighted by molar-refractivity contribution is 7.99. The summed E-state index contributed by atoms with van der Waals surface area (Å²) in [7, 11) is 0. The normalized spacial score (nSPS) is 9.95. The Labute approximate surface area is 116 Å². The maximum absolute atomic E-state index is 11.5. The van der Waals surface area contributed by atoms with Crippen LogP contribution in [0.25, 0.3) is 0 Å². The van der Waals surface area contributed by atoms with Crippen LogP contribution in [0, 0.1) is 0 Å². The standard InChI is InChI=1S/C12H18N4O2S/c1-2-3-6-14-12(18)16-10(17)8-19-11-5-4-9(13)7-15-11/h4-5,7H,2-3,6,8,13H2,1H3,(H2,14,16,17,18). The average Bonchev–Trinajstić information content (AvgIpc) is 2.38. The summed E-state index contributed by atoms with van der Waals surface area (Å²) in [6.45, 7) is 2.60. The number of carbonyl (C=O) groups is 2. The molecule has 7 heteroatoms. The van der Waals surface area contributed by atoms with Crippen LogP contribution in [-0.2, 0) is 4.79 Å². The molecule has 0 aliphatic carbocycles. The molecule has 0 saturated carbocycles. The Balaban J connectivity index is 2.24. The number of rotatable bonds is 6. The van der Waals surface area contributed by atoms with Crippen molar-refractivity contribution in [1.29, 1.82) is 0 Å². The Morgan fingerprint density at radius 1 is 1.42 bits per heavy atom. The predicted octanol–water partition coefficient (Wildman–Crippen LogP) is 1.38. The number of hydrogen-bond donors (Lipinski definition) is 3. The molecule has 104 valence electrons. The van der Waals surface area contributed by atoms with E-state index in [4.69, 9.17) is 5.73 Å². The Hall–Kier alpha value is -1.76. The topological polar surface area (TPSA) is 97.1 Å². The molecule has 0 aliphatic heterocycles. The Morgan fingerprint density at radius 2 is 2.21 bits per heavy atom. The molecule has 3 amide bonds. The van der Waals surface area contributed by atoms with E-state index in [2.05, 4.69) is 15.6 Å². The van der Waals surface area contributed by atoms with Gasteiger partial charge in [-0.15, -0.1) is 0 Å². The first-order chi connectivity index (χ1) is 9.11. The van der Waals surface area contributed by atoms with Crippen LogP contribution in [-0.4, -0.2) is 29.2 Å². The number of nitrogens with zero attached hydrogens (tertiary/aromatic N) is 1. The highest BCUT2D eigenvalue weighted by Gasteiger charge is 2.07. The number of thioether (sulfide) groups is 1. The zero-order chi connectivity index (χ0) is 14.1. The Kier molecular flexibility index (Phi) is 6.73. The second-order valence-corrected chi connectivity index (χ2v) is 4.87. The number of imide groups is 1. The quantitative estimate of drug-likeness (QED) is 0.541. The lowest BCUT2D eigenvalue weighted by molar-refractivity contribution is -0.117. The zero-order valence-corrected chi connectivity index (χ0v) is 11.6. The third kappa shape index (κ3) is 6.66. The van der Waals surface area contributed by atoms with Crippen LogP contribution in [0.15, 0.2) is 23.4 Å². The second kappa shape index (κ2) is 8.36. The van der Waals surface area contributed by atoms with Crippen LogP contribution < -0.4 is 16.4 Å². The first kappa shape index (κ1) is 15.3. The number of urea groups is 1. The number of nitrogen functional groups attached to an aromatic ring is 1. The van der Waals surface area contributed by atoms with Gasteiger partial charge in [0.25, 0.3) is 0 Å². The highest BCUT2D eigenvalue weighted by atomic mass is 32.2. The summed E-state index contributed by atoms with van der Waals surface area (Å²) in [5, 5.41) is 5.56. The lowest BCUT2D eigenvalue weighted by Crippen LogP contribution is -2.40. The molecule has 0 aromatic carbocycles. The molecule has 0 radical (unpaired) electrons. The van der Waals surface area contributed by atoms with Crippen molar-refractivity contribution < 1.29 is 9.59 Å². The number of amides is 3. The van der Waals surface area contributed by atoms with E-state index >= 15 is 0 Å². The molecule has 0 saturated heterocycles. The van der Waals surface area contributed by atoms with Gasteiger partial charge in [0.05, 0.1) is 22.7 Å². The first-order valence-corrected chi connectivity index (χ1v) is 7.02. The van der Waals surface area contributed by atoms with Crippen molar-refractivity contribution in [3.05, 3.63) is 18.3 Å². The van der Waals surface area contributed by atoms with E-state index in [9.17, 15) is 9.59 Å². The second-order valence-electron chi connectivity index (χ2n) is 3.88. The summed E-state index contributed by atoms with van der Waals surface area (Å²) in [5.74, 6) is -0.212. The van der Waals surface area contributed by atoms with Crippen LogP contribution in [0.5, 0.6) is 0 Å². The zero-order valence-electron chi connectivity index (χ0n) is 10.8. The molecule has 6 nitrogen and oxygen atoms in total. The van der Waals surface area contributed by atoms with Gasteiger partial charge in [0, 0.05) is 6.54 Å². The number of anilines is 1. The minimum Gasteiger partial charge on any atom is -0.397 e. The fourth-order valence-electron chi connectivity index (χ4n) is 1.20. The molecule has 0 aliphatic rings. The molecule has 0 spiro atoms. The van der Waals surface area contributed by atoms with Gasteiger partial charge >= 0.3 is 6.03 Å². The number of nitrogens with one attached hydrogen (secondary N) is 2. The lowest BCUT2D eigenvalue weighted by atomic mass is 10.3. The van der Waals surface area contributed by atoms with Crippen molar-refractivity contribution in [2.75, 3.05) is 18.0 Å². The van der Waals surface area contributed by atoms with Gasteiger partial charge in [-0.05, 0) is 18.6 Å². The van der Waals surface area contributed by atoms with Crippen molar-refractivity contribution in [3.63, 3.8) is 0 Å². The van der Waals surface area contributed by atoms with Gasteiger partial charge in [0.15, 0.2) is 0 Å². The fraction of sp³-hybridized carbons (Fsp3) is 0.417. The minimum absolute atomic E-state index is 0.137. The summed E-state index contributed by atoms with van der Waals surface area (Å²) in [6, 6.07) is 2.99. The lowest BCUT2D eigenvalue weighted by Gasteiger charge is -2.05. The molecule has 0 bridgehead atoms. The molecule has 1 aromatic heterocycles. The number of hydrogen-bond acceptors (Lipinski definition) is 5. The maximum Gasteiger partial charge on any atom is 0.321 e. The molecule has 4 N–H and O–H groups in total. The average molecular weight is 282 g/mol. The van der Waals surface area contributed by atoms with Gasteiger partial charge in [-0.2, -0.15) is 0 Å². The van der Waals surface area contributed by atoms with Crippen molar-refractivity contribution in [3.8, 4) is 0 Å². The first-order valence-electron chi connectivity index (χ1n) is 6.04. The SMILES string of the molecule is CCCCNC(=O)NC(=O)CSc1ccc(N)cn1. The van der Waals surface area contributed by atoms with E-state index in [0.717, 1.165) is 12.8 Å². The predicted molar refractivity (Wildman–Crippen MR) is 75.8 cm³/mol. The smallest absolute Gasteiger partial charge is 0.321 e. The van der Waals surface area contributed by atoms with E-state index < -0.39 is 6.03 Å². The van der Waals surface area contributed by atoms with Crippen LogP contribution in [0.3, 0.4) is 0 Å². The van der Waals surface area contributed by atoms with Crippen LogP contribution in [0.2, 0.25) is 0 Å². The van der Waals surface area contributed by atoms with Gasteiger partial charge in [0.1, 0.15) is 0 Å². The van der Waals surface area contributed by atoms with Gasteiger partial charge in [-0.25, -0.2) is 9.78 Å². The molecule has 19 heavy (non-hydrogen) atoms. The van der Waals surface area contributed by atoms with E-state index in [-0.39, 0.29) is 11.7 Å². The molecular formula is C12H18N4O2S. The Morgan fingerprint density at radius 3 is 2.84 bits per heavy atom. The molecule has 0 unspecified atom stereocenters. The number of nitrogens with two attached hydrogens (primary N) is 1. The van der Waals surface area contributed by atoms with E-state index in [0.29, 0.717) is 17.3 Å².